The van der Waals surface area contributed by atoms with Crippen LogP contribution in [0, 0.1) is 5.92 Å². The summed E-state index contributed by atoms with van der Waals surface area (Å²) in [7, 11) is 0. The molecule has 0 spiro atoms. The van der Waals surface area contributed by atoms with Crippen molar-refractivity contribution in [3.05, 3.63) is 0 Å². The Hall–Kier alpha value is -1.22. The zero-order chi connectivity index (χ0) is 29.8. The highest BCUT2D eigenvalue weighted by molar-refractivity contribution is 5.69. The van der Waals surface area contributed by atoms with Crippen LogP contribution in [0.3, 0.4) is 0 Å². The van der Waals surface area contributed by atoms with Crippen LogP contribution in [0.1, 0.15) is 152 Å². The molecule has 0 aromatic rings. The number of nitrogens with zero attached hydrogens (tertiary/aromatic N) is 2. The van der Waals surface area contributed by atoms with Crippen LogP contribution >= 0.6 is 0 Å². The molecule has 0 saturated carbocycles. The van der Waals surface area contributed by atoms with Gasteiger partial charge in [-0.1, -0.05) is 32.6 Å². The van der Waals surface area contributed by atoms with E-state index in [0.29, 0.717) is 6.42 Å². The lowest BCUT2D eigenvalue weighted by atomic mass is 9.82. The van der Waals surface area contributed by atoms with Crippen molar-refractivity contribution in [2.45, 2.75) is 174 Å². The van der Waals surface area contributed by atoms with Gasteiger partial charge in [-0.2, -0.15) is 0 Å². The molecule has 0 aliphatic carbocycles. The Morgan fingerprint density at radius 3 is 1.29 bits per heavy atom. The molecule has 2 heterocycles. The van der Waals surface area contributed by atoms with Crippen molar-refractivity contribution < 1.29 is 30.2 Å². The van der Waals surface area contributed by atoms with Crippen LogP contribution in [0.5, 0.6) is 0 Å². The molecule has 8 heteroatoms. The first-order chi connectivity index (χ1) is 17.3. The number of aliphatic carboxylic acids is 2. The van der Waals surface area contributed by atoms with Gasteiger partial charge in [0.15, 0.2) is 0 Å². The van der Waals surface area contributed by atoms with Gasteiger partial charge in [0.2, 0.25) is 0 Å². The van der Waals surface area contributed by atoms with Crippen molar-refractivity contribution in [3.63, 3.8) is 0 Å². The van der Waals surface area contributed by atoms with Crippen LogP contribution in [-0.2, 0) is 20.0 Å². The summed E-state index contributed by atoms with van der Waals surface area (Å²) in [6.45, 7) is 18.1. The second-order valence-corrected chi connectivity index (χ2v) is 13.7. The molecule has 0 bridgehead atoms. The minimum Gasteiger partial charge on any atom is -0.481 e. The van der Waals surface area contributed by atoms with Gasteiger partial charge < -0.3 is 10.2 Å². The van der Waals surface area contributed by atoms with E-state index >= 15 is 0 Å². The molecular weight excluding hydrogens is 484 g/mol. The van der Waals surface area contributed by atoms with Crippen LogP contribution < -0.4 is 0 Å². The average molecular weight is 543 g/mol. The van der Waals surface area contributed by atoms with Crippen LogP contribution in [0.15, 0.2) is 0 Å². The Morgan fingerprint density at radius 1 is 0.658 bits per heavy atom. The Kier molecular flexibility index (Phi) is 15.6. The fourth-order valence-corrected chi connectivity index (χ4v) is 5.65. The van der Waals surface area contributed by atoms with Gasteiger partial charge in [-0.15, -0.1) is 20.5 Å². The summed E-state index contributed by atoms with van der Waals surface area (Å²) >= 11 is 0. The van der Waals surface area contributed by atoms with Crippen LogP contribution in [0.4, 0.5) is 0 Å². The summed E-state index contributed by atoms with van der Waals surface area (Å²) in [6, 6.07) is 0. The molecule has 2 radical (unpaired) electrons. The maximum absolute atomic E-state index is 11.7. The first-order valence-electron chi connectivity index (χ1n) is 14.7. The smallest absolute Gasteiger partial charge is 0.306 e. The van der Waals surface area contributed by atoms with Crippen molar-refractivity contribution in [1.29, 1.82) is 0 Å². The number of unbranched alkanes of at least 4 members (excludes halogenated alkanes) is 4. The lowest BCUT2D eigenvalue weighted by Gasteiger charge is -2.46. The number of rotatable bonds is 10. The quantitative estimate of drug-likeness (QED) is 0.273. The van der Waals surface area contributed by atoms with Crippen LogP contribution in [0.25, 0.3) is 0 Å². The summed E-state index contributed by atoms with van der Waals surface area (Å²) in [6.07, 6.45) is 12.7. The van der Waals surface area contributed by atoms with Crippen molar-refractivity contribution in [3.8, 4) is 0 Å². The largest absolute Gasteiger partial charge is 0.481 e. The van der Waals surface area contributed by atoms with E-state index in [1.165, 1.54) is 23.0 Å². The summed E-state index contributed by atoms with van der Waals surface area (Å²) < 4.78 is 0. The summed E-state index contributed by atoms with van der Waals surface area (Å²) in [5.74, 6) is -1.65. The second-order valence-electron chi connectivity index (χ2n) is 13.7. The van der Waals surface area contributed by atoms with Gasteiger partial charge in [0.05, 0.1) is 5.92 Å². The van der Waals surface area contributed by atoms with Crippen LogP contribution in [-0.4, -0.2) is 54.4 Å². The van der Waals surface area contributed by atoms with Gasteiger partial charge in [-0.05, 0) is 113 Å². The molecule has 2 aliphatic rings. The third kappa shape index (κ3) is 13.2. The Bertz CT molecular complexity index is 637. The fourth-order valence-electron chi connectivity index (χ4n) is 5.65. The topological polar surface area (TPSA) is 121 Å². The highest BCUT2D eigenvalue weighted by atomic mass is 16.5. The number of hydrogen-bond acceptors (Lipinski definition) is 4. The van der Waals surface area contributed by atoms with Crippen molar-refractivity contribution in [2.24, 2.45) is 5.92 Å². The van der Waals surface area contributed by atoms with E-state index in [1.54, 1.807) is 0 Å². The minimum absolute atomic E-state index is 0.151. The maximum Gasteiger partial charge on any atom is 0.306 e. The lowest BCUT2D eigenvalue weighted by molar-refractivity contribution is -0.286. The van der Waals surface area contributed by atoms with E-state index in [9.17, 15) is 20.0 Å². The molecule has 0 aromatic carbocycles. The lowest BCUT2D eigenvalue weighted by Crippen LogP contribution is -2.55. The van der Waals surface area contributed by atoms with Gasteiger partial charge in [0.1, 0.15) is 0 Å². The van der Waals surface area contributed by atoms with Crippen molar-refractivity contribution >= 4 is 11.9 Å². The standard InChI is InChI=1S/C12H22O4.2C9H18NO/c1-2-10(12(15)16)8-6-4-3-5-7-9-11(13)14;2*1-8(2)6-5-7-9(3,4)10(8)11/h10H,2-9H2,1H3,(H,13,14)(H,15,16);2*5-7H2,1-4H3. The Morgan fingerprint density at radius 2 is 1.00 bits per heavy atom. The summed E-state index contributed by atoms with van der Waals surface area (Å²) in [4.78, 5) is 20.9. The number of carboxylic acid groups (broad SMARTS) is 2. The SMILES string of the molecule is CC1(C)CCCC(C)(C)N1[O].CC1(C)CCCC(C)(C)N1[O].CCC(CCCCCCCC(=O)O)C(=O)O. The molecule has 0 amide bonds. The Labute approximate surface area is 232 Å². The molecule has 1 atom stereocenters. The predicted molar refractivity (Wildman–Crippen MR) is 150 cm³/mol. The van der Waals surface area contributed by atoms with Crippen molar-refractivity contribution in [2.75, 3.05) is 0 Å². The molecule has 38 heavy (non-hydrogen) atoms. The number of hydrogen-bond donors (Lipinski definition) is 2. The van der Waals surface area contributed by atoms with Gasteiger partial charge in [0, 0.05) is 28.6 Å². The number of carbonyl (C=O) groups is 2. The average Bonchev–Trinajstić information content (AvgIpc) is 2.78. The Balaban J connectivity index is 0.000000554. The van der Waals surface area contributed by atoms with Gasteiger partial charge in [0.25, 0.3) is 0 Å². The predicted octanol–water partition coefficient (Wildman–Crippen LogP) is 7.66. The third-order valence-corrected chi connectivity index (χ3v) is 8.14. The zero-order valence-electron chi connectivity index (χ0n) is 25.9. The number of hydroxylamine groups is 4. The first kappa shape index (κ1) is 36.8. The first-order valence-corrected chi connectivity index (χ1v) is 14.7. The normalized spacial score (nSPS) is 22.7. The molecule has 8 nitrogen and oxygen atoms in total. The molecule has 2 saturated heterocycles. The van der Waals surface area contributed by atoms with Crippen molar-refractivity contribution in [1.82, 2.24) is 10.1 Å². The molecule has 224 valence electrons. The molecule has 2 rings (SSSR count). The molecule has 0 aromatic heterocycles. The zero-order valence-corrected chi connectivity index (χ0v) is 25.9. The molecular formula is C30H58N2O6. The third-order valence-electron chi connectivity index (χ3n) is 8.14. The molecule has 1 unspecified atom stereocenters. The fraction of sp³-hybridized carbons (Fsp3) is 0.933. The van der Waals surface area contributed by atoms with E-state index < -0.39 is 11.9 Å². The molecule has 2 aliphatic heterocycles. The number of piperidine rings is 2. The minimum atomic E-state index is -0.739. The summed E-state index contributed by atoms with van der Waals surface area (Å²) in [5, 5.41) is 43.1. The van der Waals surface area contributed by atoms with E-state index in [0.717, 1.165) is 64.2 Å². The van der Waals surface area contributed by atoms with E-state index in [2.05, 4.69) is 0 Å². The molecule has 2 N–H and O–H groups in total. The highest BCUT2D eigenvalue weighted by Gasteiger charge is 2.42. The van der Waals surface area contributed by atoms with E-state index in [-0.39, 0.29) is 34.5 Å². The highest BCUT2D eigenvalue weighted by Crippen LogP contribution is 2.37. The second kappa shape index (κ2) is 16.1. The van der Waals surface area contributed by atoms with Gasteiger partial charge in [-0.25, -0.2) is 0 Å². The van der Waals surface area contributed by atoms with Crippen LogP contribution in [0.2, 0.25) is 0 Å². The van der Waals surface area contributed by atoms with E-state index in [4.69, 9.17) is 10.2 Å². The number of carboxylic acids is 2. The van der Waals surface area contributed by atoms with E-state index in [1.807, 2.05) is 62.3 Å². The summed E-state index contributed by atoms with van der Waals surface area (Å²) in [5.41, 5.74) is -0.604. The molecule has 2 fully saturated rings. The van der Waals surface area contributed by atoms with Gasteiger partial charge in [-0.3, -0.25) is 9.59 Å². The monoisotopic (exact) mass is 542 g/mol. The maximum atomic E-state index is 11.7. The van der Waals surface area contributed by atoms with Gasteiger partial charge >= 0.3 is 11.9 Å².